The quantitative estimate of drug-likeness (QED) is 0.359. The second-order valence-electron chi connectivity index (χ2n) is 7.18. The topological polar surface area (TPSA) is 89.6 Å². The first kappa shape index (κ1) is 24.6. The van der Waals surface area contributed by atoms with Gasteiger partial charge in [0.25, 0.3) is 0 Å². The second kappa shape index (κ2) is 11.7. The van der Waals surface area contributed by atoms with Gasteiger partial charge in [0.1, 0.15) is 0 Å². The average molecular weight is 486 g/mol. The number of nitrogens with zero attached hydrogens (tertiary/aromatic N) is 1. The van der Waals surface area contributed by atoms with Crippen LogP contribution in [0.3, 0.4) is 0 Å². The van der Waals surface area contributed by atoms with Crippen LogP contribution in [0.5, 0.6) is 11.5 Å². The first-order valence-electron chi connectivity index (χ1n) is 10.5. The van der Waals surface area contributed by atoms with Crippen molar-refractivity contribution in [3.63, 3.8) is 0 Å². The van der Waals surface area contributed by atoms with Crippen LogP contribution in [-0.2, 0) is 9.59 Å². The molecule has 0 saturated heterocycles. The van der Waals surface area contributed by atoms with Gasteiger partial charge in [0, 0.05) is 27.9 Å². The SMILES string of the molecule is CCCC(=O)Nc1ccc(SC(C)C(=O)Nc2nc(-c3ccc(OC)c(OC)c3)cs2)cc1. The van der Waals surface area contributed by atoms with Gasteiger partial charge in [0.05, 0.1) is 25.2 Å². The van der Waals surface area contributed by atoms with Crippen LogP contribution in [-0.4, -0.2) is 36.3 Å². The molecule has 33 heavy (non-hydrogen) atoms. The van der Waals surface area contributed by atoms with Crippen LogP contribution >= 0.6 is 23.1 Å². The van der Waals surface area contributed by atoms with Crippen molar-refractivity contribution in [2.75, 3.05) is 24.9 Å². The molecule has 174 valence electrons. The van der Waals surface area contributed by atoms with Crippen LogP contribution in [0.15, 0.2) is 52.7 Å². The molecule has 0 aliphatic heterocycles. The molecule has 7 nitrogen and oxygen atoms in total. The summed E-state index contributed by atoms with van der Waals surface area (Å²) >= 11 is 2.81. The summed E-state index contributed by atoms with van der Waals surface area (Å²) in [5, 5.41) is 7.85. The predicted molar refractivity (Wildman–Crippen MR) is 135 cm³/mol. The lowest BCUT2D eigenvalue weighted by atomic mass is 10.1. The maximum absolute atomic E-state index is 12.7. The van der Waals surface area contributed by atoms with E-state index >= 15 is 0 Å². The number of rotatable bonds is 10. The molecule has 1 atom stereocenters. The molecule has 0 aliphatic rings. The lowest BCUT2D eigenvalue weighted by molar-refractivity contribution is -0.116. The number of thioether (sulfide) groups is 1. The van der Waals surface area contributed by atoms with E-state index in [1.807, 2.05) is 61.7 Å². The van der Waals surface area contributed by atoms with E-state index in [-0.39, 0.29) is 17.1 Å². The molecule has 3 rings (SSSR count). The van der Waals surface area contributed by atoms with E-state index in [1.54, 1.807) is 14.2 Å². The summed E-state index contributed by atoms with van der Waals surface area (Å²) < 4.78 is 10.6. The number of carbonyl (C=O) groups is 2. The highest BCUT2D eigenvalue weighted by atomic mass is 32.2. The Balaban J connectivity index is 1.58. The van der Waals surface area contributed by atoms with Crippen molar-refractivity contribution in [1.29, 1.82) is 0 Å². The van der Waals surface area contributed by atoms with Gasteiger partial charge >= 0.3 is 0 Å². The Kier molecular flexibility index (Phi) is 8.73. The first-order chi connectivity index (χ1) is 15.9. The zero-order valence-electron chi connectivity index (χ0n) is 19.0. The molecule has 3 aromatic rings. The van der Waals surface area contributed by atoms with Crippen molar-refractivity contribution >= 4 is 45.7 Å². The van der Waals surface area contributed by atoms with E-state index < -0.39 is 0 Å². The fraction of sp³-hybridized carbons (Fsp3) is 0.292. The first-order valence-corrected chi connectivity index (χ1v) is 12.2. The summed E-state index contributed by atoms with van der Waals surface area (Å²) in [6.07, 6.45) is 1.31. The van der Waals surface area contributed by atoms with Crippen molar-refractivity contribution in [2.45, 2.75) is 36.8 Å². The molecule has 1 unspecified atom stereocenters. The van der Waals surface area contributed by atoms with Gasteiger partial charge in [-0.1, -0.05) is 6.92 Å². The van der Waals surface area contributed by atoms with Crippen molar-refractivity contribution < 1.29 is 19.1 Å². The Morgan fingerprint density at radius 3 is 2.45 bits per heavy atom. The van der Waals surface area contributed by atoms with Gasteiger partial charge in [-0.25, -0.2) is 4.98 Å². The standard InChI is InChI=1S/C24H27N3O4S2/c1-5-6-22(28)25-17-8-10-18(11-9-17)33-15(2)23(29)27-24-26-19(14-32-24)16-7-12-20(30-3)21(13-16)31-4/h7-15H,5-6H2,1-4H3,(H,25,28)(H,26,27,29). The van der Waals surface area contributed by atoms with Crippen LogP contribution in [0.4, 0.5) is 10.8 Å². The number of methoxy groups -OCH3 is 2. The molecule has 0 spiro atoms. The van der Waals surface area contributed by atoms with Gasteiger partial charge in [-0.3, -0.25) is 9.59 Å². The van der Waals surface area contributed by atoms with Gasteiger partial charge in [-0.05, 0) is 55.8 Å². The number of hydrogen-bond acceptors (Lipinski definition) is 7. The summed E-state index contributed by atoms with van der Waals surface area (Å²) in [6, 6.07) is 13.1. The third kappa shape index (κ3) is 6.72. The number of carbonyl (C=O) groups excluding carboxylic acids is 2. The van der Waals surface area contributed by atoms with Crippen LogP contribution < -0.4 is 20.1 Å². The predicted octanol–water partition coefficient (Wildman–Crippen LogP) is 5.69. The lowest BCUT2D eigenvalue weighted by Gasteiger charge is -2.11. The van der Waals surface area contributed by atoms with E-state index in [0.29, 0.717) is 23.1 Å². The van der Waals surface area contributed by atoms with Gasteiger partial charge in [-0.2, -0.15) is 0 Å². The summed E-state index contributed by atoms with van der Waals surface area (Å²) in [5.74, 6) is 1.14. The van der Waals surface area contributed by atoms with Crippen molar-refractivity contribution in [2.24, 2.45) is 0 Å². The Bertz CT molecular complexity index is 1100. The normalized spacial score (nSPS) is 11.5. The molecule has 9 heteroatoms. The fourth-order valence-electron chi connectivity index (χ4n) is 2.99. The number of hydrogen-bond donors (Lipinski definition) is 2. The minimum atomic E-state index is -0.320. The summed E-state index contributed by atoms with van der Waals surface area (Å²) in [7, 11) is 3.18. The molecule has 2 amide bonds. The van der Waals surface area contributed by atoms with Gasteiger partial charge in [0.15, 0.2) is 16.6 Å². The second-order valence-corrected chi connectivity index (χ2v) is 9.45. The maximum atomic E-state index is 12.7. The number of thiazole rings is 1. The number of ether oxygens (including phenoxy) is 2. The molecule has 2 aromatic carbocycles. The Labute approximate surface area is 201 Å². The van der Waals surface area contributed by atoms with Crippen molar-refractivity contribution in [3.05, 3.63) is 47.8 Å². The van der Waals surface area contributed by atoms with Crippen molar-refractivity contribution in [1.82, 2.24) is 4.98 Å². The number of amides is 2. The summed E-state index contributed by atoms with van der Waals surface area (Å²) in [5.41, 5.74) is 2.37. The van der Waals surface area contributed by atoms with E-state index in [4.69, 9.17) is 9.47 Å². The van der Waals surface area contributed by atoms with Crippen LogP contribution in [0.25, 0.3) is 11.3 Å². The maximum Gasteiger partial charge on any atom is 0.239 e. The van der Waals surface area contributed by atoms with E-state index in [0.717, 1.165) is 28.3 Å². The van der Waals surface area contributed by atoms with Gasteiger partial charge in [-0.15, -0.1) is 23.1 Å². The Morgan fingerprint density at radius 1 is 1.06 bits per heavy atom. The van der Waals surface area contributed by atoms with Crippen LogP contribution in [0.1, 0.15) is 26.7 Å². The zero-order chi connectivity index (χ0) is 23.8. The largest absolute Gasteiger partial charge is 0.493 e. The Morgan fingerprint density at radius 2 is 1.79 bits per heavy atom. The highest BCUT2D eigenvalue weighted by Crippen LogP contribution is 2.34. The molecule has 0 aliphatic carbocycles. The number of aromatic nitrogens is 1. The monoisotopic (exact) mass is 485 g/mol. The van der Waals surface area contributed by atoms with Crippen LogP contribution in [0.2, 0.25) is 0 Å². The fourth-order valence-corrected chi connectivity index (χ4v) is 4.58. The molecule has 0 fully saturated rings. The van der Waals surface area contributed by atoms with E-state index in [2.05, 4.69) is 15.6 Å². The average Bonchev–Trinajstić information content (AvgIpc) is 3.28. The molecular formula is C24H27N3O4S2. The highest BCUT2D eigenvalue weighted by Gasteiger charge is 2.17. The zero-order valence-corrected chi connectivity index (χ0v) is 20.6. The molecular weight excluding hydrogens is 458 g/mol. The third-order valence-corrected chi connectivity index (χ3v) is 6.58. The van der Waals surface area contributed by atoms with Crippen molar-refractivity contribution in [3.8, 4) is 22.8 Å². The molecule has 1 heterocycles. The number of benzene rings is 2. The molecule has 0 bridgehead atoms. The number of nitrogens with one attached hydrogen (secondary N) is 2. The summed E-state index contributed by atoms with van der Waals surface area (Å²) in [4.78, 5) is 29.9. The highest BCUT2D eigenvalue weighted by molar-refractivity contribution is 8.00. The van der Waals surface area contributed by atoms with Crippen LogP contribution in [0, 0.1) is 0 Å². The summed E-state index contributed by atoms with van der Waals surface area (Å²) in [6.45, 7) is 3.81. The van der Waals surface area contributed by atoms with Gasteiger partial charge < -0.3 is 20.1 Å². The molecule has 0 radical (unpaired) electrons. The minimum Gasteiger partial charge on any atom is -0.493 e. The molecule has 2 N–H and O–H groups in total. The Hall–Kier alpha value is -3.04. The third-order valence-electron chi connectivity index (χ3n) is 4.71. The van der Waals surface area contributed by atoms with E-state index in [9.17, 15) is 9.59 Å². The lowest BCUT2D eigenvalue weighted by Crippen LogP contribution is -2.22. The minimum absolute atomic E-state index is 0.00144. The van der Waals surface area contributed by atoms with E-state index in [1.165, 1.54) is 23.1 Å². The van der Waals surface area contributed by atoms with Gasteiger partial charge in [0.2, 0.25) is 11.8 Å². The molecule has 1 aromatic heterocycles. The molecule has 0 saturated carbocycles. The number of anilines is 2. The smallest absolute Gasteiger partial charge is 0.239 e.